The van der Waals surface area contributed by atoms with E-state index in [2.05, 4.69) is 15.8 Å². The highest BCUT2D eigenvalue weighted by molar-refractivity contribution is 6.02. The van der Waals surface area contributed by atoms with Crippen molar-refractivity contribution in [3.05, 3.63) is 53.1 Å². The lowest BCUT2D eigenvalue weighted by Crippen LogP contribution is -2.22. The van der Waals surface area contributed by atoms with Crippen molar-refractivity contribution in [2.75, 3.05) is 19.5 Å². The van der Waals surface area contributed by atoms with Crippen molar-refractivity contribution < 1.29 is 19.1 Å². The Balaban J connectivity index is 1.90. The van der Waals surface area contributed by atoms with Gasteiger partial charge < -0.3 is 14.8 Å². The number of hydrazone groups is 1. The molecule has 0 aromatic heterocycles. The molecule has 0 atom stereocenters. The maximum absolute atomic E-state index is 12.1. The number of aryl methyl sites for hydroxylation is 2. The van der Waals surface area contributed by atoms with Gasteiger partial charge in [-0.2, -0.15) is 5.10 Å². The van der Waals surface area contributed by atoms with Crippen molar-refractivity contribution in [2.45, 2.75) is 33.6 Å². The molecule has 0 radical (unpaired) electrons. The van der Waals surface area contributed by atoms with Gasteiger partial charge in [-0.1, -0.05) is 12.1 Å². The van der Waals surface area contributed by atoms with Crippen LogP contribution in [0, 0.1) is 13.8 Å². The Kier molecular flexibility index (Phi) is 7.77. The fraction of sp³-hybridized carbons (Fsp3) is 0.318. The second kappa shape index (κ2) is 10.3. The van der Waals surface area contributed by atoms with Gasteiger partial charge in [-0.25, -0.2) is 5.43 Å². The zero-order valence-electron chi connectivity index (χ0n) is 17.5. The molecule has 0 spiro atoms. The molecule has 0 bridgehead atoms. The molecule has 0 unspecified atom stereocenters. The third-order valence-electron chi connectivity index (χ3n) is 4.39. The van der Waals surface area contributed by atoms with Gasteiger partial charge >= 0.3 is 0 Å². The highest BCUT2D eigenvalue weighted by Crippen LogP contribution is 2.25. The number of ether oxygens (including phenoxy) is 2. The quantitative estimate of drug-likeness (QED) is 0.526. The van der Waals surface area contributed by atoms with Crippen LogP contribution in [0.4, 0.5) is 5.69 Å². The molecule has 2 amide bonds. The van der Waals surface area contributed by atoms with Crippen LogP contribution in [0.25, 0.3) is 0 Å². The lowest BCUT2D eigenvalue weighted by molar-refractivity contribution is -0.124. The normalized spacial score (nSPS) is 11.0. The van der Waals surface area contributed by atoms with Gasteiger partial charge in [0.15, 0.2) is 0 Å². The van der Waals surface area contributed by atoms with E-state index in [0.29, 0.717) is 17.2 Å². The highest BCUT2D eigenvalue weighted by atomic mass is 16.5. The molecule has 0 aliphatic rings. The van der Waals surface area contributed by atoms with Crippen LogP contribution in [0.5, 0.6) is 11.5 Å². The van der Waals surface area contributed by atoms with Gasteiger partial charge in [0.2, 0.25) is 11.8 Å². The van der Waals surface area contributed by atoms with Gasteiger partial charge in [0.1, 0.15) is 11.5 Å². The summed E-state index contributed by atoms with van der Waals surface area (Å²) in [6.45, 7) is 5.64. The zero-order chi connectivity index (χ0) is 21.4. The molecular weight excluding hydrogens is 370 g/mol. The van der Waals surface area contributed by atoms with E-state index in [-0.39, 0.29) is 24.7 Å². The summed E-state index contributed by atoms with van der Waals surface area (Å²) in [6.07, 6.45) is 0.104. The van der Waals surface area contributed by atoms with Crippen LogP contribution in [-0.2, 0) is 9.59 Å². The number of amides is 2. The third kappa shape index (κ3) is 6.34. The molecule has 0 fully saturated rings. The molecule has 0 heterocycles. The first-order valence-corrected chi connectivity index (χ1v) is 9.26. The minimum absolute atomic E-state index is 0.0349. The first kappa shape index (κ1) is 21.9. The number of methoxy groups -OCH3 is 2. The van der Waals surface area contributed by atoms with Crippen molar-refractivity contribution in [1.29, 1.82) is 0 Å². The monoisotopic (exact) mass is 397 g/mol. The van der Waals surface area contributed by atoms with Crippen LogP contribution >= 0.6 is 0 Å². The lowest BCUT2D eigenvalue weighted by Gasteiger charge is -2.10. The van der Waals surface area contributed by atoms with E-state index in [1.165, 1.54) is 0 Å². The zero-order valence-corrected chi connectivity index (χ0v) is 17.5. The van der Waals surface area contributed by atoms with Gasteiger partial charge in [-0.15, -0.1) is 0 Å². The molecule has 0 saturated heterocycles. The fourth-order valence-electron chi connectivity index (χ4n) is 2.67. The summed E-state index contributed by atoms with van der Waals surface area (Å²) >= 11 is 0. The molecule has 7 nitrogen and oxygen atoms in total. The molecule has 0 aliphatic carbocycles. The van der Waals surface area contributed by atoms with Gasteiger partial charge in [-0.05, 0) is 50.1 Å². The summed E-state index contributed by atoms with van der Waals surface area (Å²) < 4.78 is 10.5. The summed E-state index contributed by atoms with van der Waals surface area (Å²) in [5.74, 6) is 0.698. The Bertz CT molecular complexity index is 922. The number of hydrogen-bond acceptors (Lipinski definition) is 5. The summed E-state index contributed by atoms with van der Waals surface area (Å²) in [5, 5.41) is 6.95. The van der Waals surface area contributed by atoms with Crippen LogP contribution in [-0.4, -0.2) is 31.7 Å². The predicted octanol–water partition coefficient (Wildman–Crippen LogP) is 3.58. The van der Waals surface area contributed by atoms with Crippen molar-refractivity contribution in [3.8, 4) is 11.5 Å². The van der Waals surface area contributed by atoms with Gasteiger partial charge in [0.05, 0.1) is 19.9 Å². The Labute approximate surface area is 171 Å². The van der Waals surface area contributed by atoms with Crippen LogP contribution in [0.1, 0.15) is 36.5 Å². The Morgan fingerprint density at radius 1 is 0.966 bits per heavy atom. The Morgan fingerprint density at radius 3 is 2.38 bits per heavy atom. The van der Waals surface area contributed by atoms with Crippen molar-refractivity contribution in [1.82, 2.24) is 5.43 Å². The molecule has 2 aromatic carbocycles. The van der Waals surface area contributed by atoms with Crippen LogP contribution in [0.3, 0.4) is 0 Å². The highest BCUT2D eigenvalue weighted by Gasteiger charge is 2.11. The summed E-state index contributed by atoms with van der Waals surface area (Å²) in [6, 6.07) is 11.2. The SMILES string of the molecule is COc1ccc(/C(C)=N/NC(=O)CCC(=O)Nc2cc(C)ccc2C)c(OC)c1. The topological polar surface area (TPSA) is 89.0 Å². The van der Waals surface area contributed by atoms with E-state index in [1.807, 2.05) is 32.0 Å². The smallest absolute Gasteiger partial charge is 0.240 e. The molecule has 2 N–H and O–H groups in total. The minimum Gasteiger partial charge on any atom is -0.497 e. The van der Waals surface area contributed by atoms with Crippen molar-refractivity contribution in [3.63, 3.8) is 0 Å². The number of hydrogen-bond donors (Lipinski definition) is 2. The van der Waals surface area contributed by atoms with E-state index < -0.39 is 0 Å². The first-order chi connectivity index (χ1) is 13.8. The van der Waals surface area contributed by atoms with Crippen molar-refractivity contribution >= 4 is 23.2 Å². The predicted molar refractivity (Wildman–Crippen MR) is 114 cm³/mol. The number of carbonyl (C=O) groups is 2. The standard InChI is InChI=1S/C22H27N3O4/c1-14-6-7-15(2)19(12-14)23-21(26)10-11-22(27)25-24-16(3)18-9-8-17(28-4)13-20(18)29-5/h6-9,12-13H,10-11H2,1-5H3,(H,23,26)(H,25,27)/b24-16+. The molecule has 0 saturated carbocycles. The number of benzene rings is 2. The van der Waals surface area contributed by atoms with Crippen LogP contribution in [0.15, 0.2) is 41.5 Å². The van der Waals surface area contributed by atoms with Gasteiger partial charge in [0.25, 0.3) is 0 Å². The summed E-state index contributed by atoms with van der Waals surface area (Å²) in [5.41, 5.74) is 6.59. The molecule has 7 heteroatoms. The molecule has 154 valence electrons. The molecule has 29 heavy (non-hydrogen) atoms. The Morgan fingerprint density at radius 2 is 1.69 bits per heavy atom. The fourth-order valence-corrected chi connectivity index (χ4v) is 2.67. The van der Waals surface area contributed by atoms with Gasteiger partial charge in [0, 0.05) is 30.2 Å². The van der Waals surface area contributed by atoms with E-state index in [0.717, 1.165) is 22.4 Å². The lowest BCUT2D eigenvalue weighted by atomic mass is 10.1. The van der Waals surface area contributed by atoms with Gasteiger partial charge in [-0.3, -0.25) is 9.59 Å². The number of nitrogens with zero attached hydrogens (tertiary/aromatic N) is 1. The van der Waals surface area contributed by atoms with E-state index in [1.54, 1.807) is 39.3 Å². The average Bonchev–Trinajstić information content (AvgIpc) is 2.72. The van der Waals surface area contributed by atoms with Crippen molar-refractivity contribution in [2.24, 2.45) is 5.10 Å². The molecule has 2 rings (SSSR count). The second-order valence-electron chi connectivity index (χ2n) is 6.66. The summed E-state index contributed by atoms with van der Waals surface area (Å²) in [4.78, 5) is 24.2. The summed E-state index contributed by atoms with van der Waals surface area (Å²) in [7, 11) is 3.13. The maximum Gasteiger partial charge on any atom is 0.240 e. The van der Waals surface area contributed by atoms with E-state index in [9.17, 15) is 9.59 Å². The Hall–Kier alpha value is -3.35. The molecule has 2 aromatic rings. The van der Waals surface area contributed by atoms with E-state index in [4.69, 9.17) is 9.47 Å². The van der Waals surface area contributed by atoms with Crippen LogP contribution < -0.4 is 20.2 Å². The largest absolute Gasteiger partial charge is 0.497 e. The second-order valence-corrected chi connectivity index (χ2v) is 6.66. The number of anilines is 1. The third-order valence-corrected chi connectivity index (χ3v) is 4.39. The minimum atomic E-state index is -0.340. The molecular formula is C22H27N3O4. The average molecular weight is 397 g/mol. The number of carbonyl (C=O) groups excluding carboxylic acids is 2. The maximum atomic E-state index is 12.1. The van der Waals surface area contributed by atoms with E-state index >= 15 is 0 Å². The molecule has 0 aliphatic heterocycles. The number of rotatable bonds is 8. The first-order valence-electron chi connectivity index (χ1n) is 9.26. The van der Waals surface area contributed by atoms with Crippen LogP contribution in [0.2, 0.25) is 0 Å². The number of nitrogens with one attached hydrogen (secondary N) is 2.